The van der Waals surface area contributed by atoms with Crippen LogP contribution in [-0.4, -0.2) is 0 Å². The van der Waals surface area contributed by atoms with Crippen LogP contribution in [0.25, 0.3) is 11.1 Å². The van der Waals surface area contributed by atoms with Crippen LogP contribution in [0.3, 0.4) is 0 Å². The molecule has 0 aliphatic rings. The summed E-state index contributed by atoms with van der Waals surface area (Å²) in [6.07, 6.45) is -4.36. The fourth-order valence-electron chi connectivity index (χ4n) is 1.58. The molecule has 5 heteroatoms. The van der Waals surface area contributed by atoms with Crippen LogP contribution < -0.4 is 0 Å². The Bertz CT molecular complexity index is 575. The second-order valence-electron chi connectivity index (χ2n) is 3.70. The molecule has 0 saturated carbocycles. The molecule has 0 heterocycles. The maximum Gasteiger partial charge on any atom is 0.416 e. The third-order valence-electron chi connectivity index (χ3n) is 2.43. The molecule has 0 N–H and O–H groups in total. The molecule has 0 spiro atoms. The molecular formula is C13H7F4I. The third-order valence-corrected chi connectivity index (χ3v) is 3.32. The van der Waals surface area contributed by atoms with E-state index in [1.165, 1.54) is 24.3 Å². The molecule has 2 aromatic carbocycles. The molecule has 0 bridgehead atoms. The summed E-state index contributed by atoms with van der Waals surface area (Å²) in [5.41, 5.74) is 0.447. The minimum atomic E-state index is -4.36. The summed E-state index contributed by atoms with van der Waals surface area (Å²) in [5.74, 6) is -0.414. The Balaban J connectivity index is 2.48. The highest BCUT2D eigenvalue weighted by Crippen LogP contribution is 2.34. The van der Waals surface area contributed by atoms with E-state index < -0.39 is 17.6 Å². The van der Waals surface area contributed by atoms with Crippen LogP contribution in [0.2, 0.25) is 0 Å². The van der Waals surface area contributed by atoms with Gasteiger partial charge in [0.2, 0.25) is 0 Å². The SMILES string of the molecule is Fc1cccc(-c2ccc(C(F)(F)F)cc2I)c1. The lowest BCUT2D eigenvalue weighted by Crippen LogP contribution is -2.05. The Kier molecular flexibility index (Phi) is 3.61. The van der Waals surface area contributed by atoms with Crippen molar-refractivity contribution in [2.24, 2.45) is 0 Å². The summed E-state index contributed by atoms with van der Waals surface area (Å²) < 4.78 is 51.0. The van der Waals surface area contributed by atoms with Crippen LogP contribution in [0.4, 0.5) is 17.6 Å². The van der Waals surface area contributed by atoms with Gasteiger partial charge in [-0.15, -0.1) is 0 Å². The molecule has 94 valence electrons. The molecule has 2 rings (SSSR count). The first-order valence-electron chi connectivity index (χ1n) is 5.00. The van der Waals surface area contributed by atoms with E-state index in [0.29, 0.717) is 14.7 Å². The molecular weight excluding hydrogens is 359 g/mol. The number of hydrogen-bond acceptors (Lipinski definition) is 0. The van der Waals surface area contributed by atoms with E-state index in [4.69, 9.17) is 0 Å². The summed E-state index contributed by atoms with van der Waals surface area (Å²) in [6.45, 7) is 0. The molecule has 0 atom stereocenters. The Morgan fingerprint density at radius 2 is 1.67 bits per heavy atom. The van der Waals surface area contributed by atoms with Crippen LogP contribution in [0.1, 0.15) is 5.56 Å². The smallest absolute Gasteiger partial charge is 0.207 e. The topological polar surface area (TPSA) is 0 Å². The highest BCUT2D eigenvalue weighted by molar-refractivity contribution is 14.1. The van der Waals surface area contributed by atoms with Crippen molar-refractivity contribution in [1.29, 1.82) is 0 Å². The Morgan fingerprint density at radius 1 is 0.944 bits per heavy atom. The van der Waals surface area contributed by atoms with Gasteiger partial charge >= 0.3 is 6.18 Å². The van der Waals surface area contributed by atoms with Gasteiger partial charge in [-0.05, 0) is 58.0 Å². The lowest BCUT2D eigenvalue weighted by Gasteiger charge is -2.10. The predicted molar refractivity (Wildman–Crippen MR) is 69.6 cm³/mol. The van der Waals surface area contributed by atoms with Gasteiger partial charge in [0, 0.05) is 3.57 Å². The lowest BCUT2D eigenvalue weighted by atomic mass is 10.0. The largest absolute Gasteiger partial charge is 0.416 e. The van der Waals surface area contributed by atoms with Gasteiger partial charge in [-0.3, -0.25) is 0 Å². The van der Waals surface area contributed by atoms with Crippen molar-refractivity contribution >= 4 is 22.6 Å². The number of benzene rings is 2. The highest BCUT2D eigenvalue weighted by Gasteiger charge is 2.30. The first kappa shape index (κ1) is 13.3. The maximum atomic E-state index is 13.1. The number of rotatable bonds is 1. The van der Waals surface area contributed by atoms with Crippen molar-refractivity contribution < 1.29 is 17.6 Å². The van der Waals surface area contributed by atoms with Gasteiger partial charge in [0.1, 0.15) is 5.82 Å². The fourth-order valence-corrected chi connectivity index (χ4v) is 2.41. The highest BCUT2D eigenvalue weighted by atomic mass is 127. The standard InChI is InChI=1S/C13H7F4I/c14-10-3-1-2-8(6-10)11-5-4-9(7-12(11)18)13(15,16)17/h1-7H. The Labute approximate surface area is 115 Å². The molecule has 0 fully saturated rings. The van der Waals surface area contributed by atoms with E-state index in [-0.39, 0.29) is 0 Å². The number of alkyl halides is 3. The summed E-state index contributed by atoms with van der Waals surface area (Å²) in [6, 6.07) is 9.19. The molecule has 0 unspecified atom stereocenters. The van der Waals surface area contributed by atoms with Gasteiger partial charge < -0.3 is 0 Å². The average Bonchev–Trinajstić information content (AvgIpc) is 2.27. The summed E-state index contributed by atoms with van der Waals surface area (Å²) in [7, 11) is 0. The van der Waals surface area contributed by atoms with Crippen LogP contribution in [0.5, 0.6) is 0 Å². The maximum absolute atomic E-state index is 13.1. The minimum Gasteiger partial charge on any atom is -0.207 e. The fraction of sp³-hybridized carbons (Fsp3) is 0.0769. The first-order valence-corrected chi connectivity index (χ1v) is 6.08. The van der Waals surface area contributed by atoms with Crippen molar-refractivity contribution in [1.82, 2.24) is 0 Å². The molecule has 0 aliphatic carbocycles. The van der Waals surface area contributed by atoms with Gasteiger partial charge in [-0.25, -0.2) is 4.39 Å². The minimum absolute atomic E-state index is 0.414. The molecule has 0 nitrogen and oxygen atoms in total. The van der Waals surface area contributed by atoms with Crippen LogP contribution >= 0.6 is 22.6 Å². The summed E-state index contributed by atoms with van der Waals surface area (Å²) in [4.78, 5) is 0. The first-order chi connectivity index (χ1) is 8.38. The van der Waals surface area contributed by atoms with Crippen molar-refractivity contribution in [3.8, 4) is 11.1 Å². The van der Waals surface area contributed by atoms with Crippen molar-refractivity contribution in [3.05, 3.63) is 57.4 Å². The molecule has 0 amide bonds. The quantitative estimate of drug-likeness (QED) is 0.486. The number of halogens is 5. The molecule has 0 radical (unpaired) electrons. The second-order valence-corrected chi connectivity index (χ2v) is 4.86. The van der Waals surface area contributed by atoms with Gasteiger partial charge in [0.25, 0.3) is 0 Å². The summed E-state index contributed by atoms with van der Waals surface area (Å²) >= 11 is 1.82. The molecule has 18 heavy (non-hydrogen) atoms. The Hall–Kier alpha value is -1.11. The van der Waals surface area contributed by atoms with E-state index in [0.717, 1.165) is 12.1 Å². The zero-order chi connectivity index (χ0) is 13.3. The average molecular weight is 366 g/mol. The van der Waals surface area contributed by atoms with Crippen molar-refractivity contribution in [2.45, 2.75) is 6.18 Å². The van der Waals surface area contributed by atoms with Gasteiger partial charge in [-0.1, -0.05) is 18.2 Å². The van der Waals surface area contributed by atoms with E-state index >= 15 is 0 Å². The zero-order valence-electron chi connectivity index (χ0n) is 8.93. The van der Waals surface area contributed by atoms with E-state index in [1.807, 2.05) is 22.6 Å². The second kappa shape index (κ2) is 4.87. The van der Waals surface area contributed by atoms with Crippen LogP contribution in [0.15, 0.2) is 42.5 Å². The van der Waals surface area contributed by atoms with Crippen LogP contribution in [-0.2, 0) is 6.18 Å². The summed E-state index contributed by atoms with van der Waals surface area (Å²) in [5, 5.41) is 0. The number of hydrogen-bond donors (Lipinski definition) is 0. The van der Waals surface area contributed by atoms with Gasteiger partial charge in [0.05, 0.1) is 5.56 Å². The Morgan fingerprint density at radius 3 is 2.22 bits per heavy atom. The zero-order valence-corrected chi connectivity index (χ0v) is 11.1. The van der Waals surface area contributed by atoms with E-state index in [1.54, 1.807) is 6.07 Å². The normalized spacial score (nSPS) is 11.6. The van der Waals surface area contributed by atoms with Gasteiger partial charge in [-0.2, -0.15) is 13.2 Å². The predicted octanol–water partition coefficient (Wildman–Crippen LogP) is 5.12. The van der Waals surface area contributed by atoms with Crippen LogP contribution in [0, 0.1) is 9.39 Å². The molecule has 0 aliphatic heterocycles. The van der Waals surface area contributed by atoms with Crippen molar-refractivity contribution in [2.75, 3.05) is 0 Å². The lowest BCUT2D eigenvalue weighted by molar-refractivity contribution is -0.137. The third kappa shape index (κ3) is 2.82. The van der Waals surface area contributed by atoms with Crippen molar-refractivity contribution in [3.63, 3.8) is 0 Å². The van der Waals surface area contributed by atoms with Gasteiger partial charge in [0.15, 0.2) is 0 Å². The molecule has 2 aromatic rings. The molecule has 0 aromatic heterocycles. The van der Waals surface area contributed by atoms with E-state index in [2.05, 4.69) is 0 Å². The molecule has 0 saturated heterocycles. The van der Waals surface area contributed by atoms with E-state index in [9.17, 15) is 17.6 Å². The monoisotopic (exact) mass is 366 g/mol.